The Kier molecular flexibility index (Phi) is 5.24. The second-order valence-electron chi connectivity index (χ2n) is 7.29. The fraction of sp³-hybridized carbons (Fsp3) is 0.318. The van der Waals surface area contributed by atoms with Gasteiger partial charge in [-0.2, -0.15) is 0 Å². The molecule has 2 aromatic carbocycles. The maximum atomic E-state index is 12.9. The Bertz CT molecular complexity index is 848. The highest BCUT2D eigenvalue weighted by Gasteiger charge is 2.45. The fourth-order valence-electron chi connectivity index (χ4n) is 3.32. The number of aliphatic hydroxyl groups is 1. The molecule has 0 spiro atoms. The smallest absolute Gasteiger partial charge is 0.281 e. The number of nitrogens with one attached hydrogen (secondary N) is 1. The zero-order chi connectivity index (χ0) is 19.6. The first-order chi connectivity index (χ1) is 12.8. The lowest BCUT2D eigenvalue weighted by atomic mass is 9.99. The van der Waals surface area contributed by atoms with Crippen LogP contribution in [0.2, 0.25) is 0 Å². The Balaban J connectivity index is 1.80. The number of aryl methyl sites for hydroxylation is 1. The Morgan fingerprint density at radius 3 is 2.67 bits per heavy atom. The summed E-state index contributed by atoms with van der Waals surface area (Å²) in [5, 5.41) is 12.4. The minimum Gasteiger partial charge on any atom is -0.483 e. The van der Waals surface area contributed by atoms with Crippen molar-refractivity contribution >= 4 is 5.91 Å². The molecular formula is C22H26N2O3. The SMILES string of the molecule is C=C1C[C@](O)(c2ccccc2)N(C(=O)COc2cc(C)ccc2C(C)C)N1. The maximum Gasteiger partial charge on any atom is 0.281 e. The minimum atomic E-state index is -1.48. The normalized spacial score (nSPS) is 19.3. The highest BCUT2D eigenvalue weighted by Crippen LogP contribution is 2.36. The molecule has 0 saturated carbocycles. The van der Waals surface area contributed by atoms with Crippen LogP contribution in [0.25, 0.3) is 0 Å². The number of benzene rings is 2. The van der Waals surface area contributed by atoms with Crippen LogP contribution < -0.4 is 10.2 Å². The van der Waals surface area contributed by atoms with Gasteiger partial charge in [-0.05, 0) is 30.0 Å². The van der Waals surface area contributed by atoms with Crippen LogP contribution in [-0.4, -0.2) is 22.6 Å². The summed E-state index contributed by atoms with van der Waals surface area (Å²) in [6.45, 7) is 9.84. The van der Waals surface area contributed by atoms with Crippen LogP contribution in [-0.2, 0) is 10.5 Å². The summed E-state index contributed by atoms with van der Waals surface area (Å²) in [7, 11) is 0. The topological polar surface area (TPSA) is 61.8 Å². The molecule has 1 saturated heterocycles. The van der Waals surface area contributed by atoms with Gasteiger partial charge in [-0.3, -0.25) is 10.2 Å². The van der Waals surface area contributed by atoms with Crippen molar-refractivity contribution in [3.63, 3.8) is 0 Å². The molecule has 1 heterocycles. The quantitative estimate of drug-likeness (QED) is 0.849. The van der Waals surface area contributed by atoms with Gasteiger partial charge in [0.25, 0.3) is 5.91 Å². The zero-order valence-electron chi connectivity index (χ0n) is 16.0. The number of amides is 1. The molecule has 1 atom stereocenters. The molecule has 142 valence electrons. The van der Waals surface area contributed by atoms with Crippen LogP contribution in [0.4, 0.5) is 0 Å². The van der Waals surface area contributed by atoms with E-state index in [0.29, 0.717) is 17.0 Å². The van der Waals surface area contributed by atoms with Crippen LogP contribution in [0.5, 0.6) is 5.75 Å². The lowest BCUT2D eigenvalue weighted by molar-refractivity contribution is -0.163. The van der Waals surface area contributed by atoms with Crippen molar-refractivity contribution in [2.75, 3.05) is 6.61 Å². The Morgan fingerprint density at radius 1 is 1.30 bits per heavy atom. The van der Waals surface area contributed by atoms with Crippen molar-refractivity contribution in [2.24, 2.45) is 0 Å². The van der Waals surface area contributed by atoms with Gasteiger partial charge in [0.05, 0.1) is 0 Å². The molecule has 1 amide bonds. The van der Waals surface area contributed by atoms with E-state index in [2.05, 4.69) is 25.9 Å². The van der Waals surface area contributed by atoms with Gasteiger partial charge in [0.2, 0.25) is 0 Å². The van der Waals surface area contributed by atoms with E-state index in [9.17, 15) is 9.90 Å². The van der Waals surface area contributed by atoms with E-state index in [1.54, 1.807) is 12.1 Å². The number of ether oxygens (including phenoxy) is 1. The molecule has 0 radical (unpaired) electrons. The number of rotatable bonds is 5. The molecule has 0 bridgehead atoms. The van der Waals surface area contributed by atoms with Crippen molar-refractivity contribution in [3.8, 4) is 5.75 Å². The van der Waals surface area contributed by atoms with Gasteiger partial charge in [0, 0.05) is 17.7 Å². The van der Waals surface area contributed by atoms with Crippen LogP contribution in [0.1, 0.15) is 42.9 Å². The molecule has 5 nitrogen and oxygen atoms in total. The lowest BCUT2D eigenvalue weighted by Crippen LogP contribution is -2.51. The van der Waals surface area contributed by atoms with Crippen LogP contribution >= 0.6 is 0 Å². The van der Waals surface area contributed by atoms with Gasteiger partial charge in [-0.15, -0.1) is 0 Å². The van der Waals surface area contributed by atoms with E-state index in [-0.39, 0.29) is 24.9 Å². The minimum absolute atomic E-state index is 0.182. The molecule has 0 unspecified atom stereocenters. The Hall–Kier alpha value is -2.79. The Morgan fingerprint density at radius 2 is 2.00 bits per heavy atom. The highest BCUT2D eigenvalue weighted by atomic mass is 16.5. The third-order valence-corrected chi connectivity index (χ3v) is 4.73. The molecule has 1 aliphatic heterocycles. The summed E-state index contributed by atoms with van der Waals surface area (Å²) in [6.07, 6.45) is 0.227. The predicted octanol–water partition coefficient (Wildman–Crippen LogP) is 3.59. The summed E-state index contributed by atoms with van der Waals surface area (Å²) in [4.78, 5) is 12.9. The number of hydrogen-bond acceptors (Lipinski definition) is 4. The van der Waals surface area contributed by atoms with Crippen LogP contribution in [0.15, 0.2) is 60.8 Å². The number of nitrogens with zero attached hydrogens (tertiary/aromatic N) is 1. The first-order valence-electron chi connectivity index (χ1n) is 9.10. The fourth-order valence-corrected chi connectivity index (χ4v) is 3.32. The average molecular weight is 366 g/mol. The summed E-state index contributed by atoms with van der Waals surface area (Å²) in [5.41, 5.74) is 4.72. The molecule has 2 aromatic rings. The second kappa shape index (κ2) is 7.45. The number of carbonyl (C=O) groups excluding carboxylic acids is 1. The van der Waals surface area contributed by atoms with Crippen LogP contribution in [0, 0.1) is 6.92 Å². The van der Waals surface area contributed by atoms with E-state index in [1.807, 2.05) is 43.3 Å². The standard InChI is InChI=1S/C22H26N2O3/c1-15(2)19-11-10-16(3)12-20(19)27-14-21(25)24-22(26,13-17(4)23-24)18-8-6-5-7-9-18/h5-12,15,23,26H,4,13-14H2,1-3H3/t22-/m0/s1. The van der Waals surface area contributed by atoms with Gasteiger partial charge in [0.15, 0.2) is 12.3 Å². The number of hydrogen-bond donors (Lipinski definition) is 2. The van der Waals surface area contributed by atoms with Gasteiger partial charge in [-0.25, -0.2) is 5.01 Å². The van der Waals surface area contributed by atoms with Crippen molar-refractivity contribution in [2.45, 2.75) is 38.8 Å². The summed E-state index contributed by atoms with van der Waals surface area (Å²) < 4.78 is 5.85. The largest absolute Gasteiger partial charge is 0.483 e. The van der Waals surface area contributed by atoms with E-state index >= 15 is 0 Å². The molecule has 1 aliphatic rings. The van der Waals surface area contributed by atoms with E-state index in [0.717, 1.165) is 11.1 Å². The van der Waals surface area contributed by atoms with E-state index in [4.69, 9.17) is 4.74 Å². The third kappa shape index (κ3) is 3.83. The molecule has 0 aliphatic carbocycles. The molecule has 0 aromatic heterocycles. The maximum absolute atomic E-state index is 12.9. The van der Waals surface area contributed by atoms with Crippen molar-refractivity contribution in [3.05, 3.63) is 77.5 Å². The summed E-state index contributed by atoms with van der Waals surface area (Å²) in [5.74, 6) is 0.609. The van der Waals surface area contributed by atoms with Crippen molar-refractivity contribution < 1.29 is 14.6 Å². The summed E-state index contributed by atoms with van der Waals surface area (Å²) >= 11 is 0. The van der Waals surface area contributed by atoms with E-state index < -0.39 is 5.72 Å². The highest BCUT2D eigenvalue weighted by molar-refractivity contribution is 5.79. The lowest BCUT2D eigenvalue weighted by Gasteiger charge is -2.32. The Labute approximate surface area is 160 Å². The monoisotopic (exact) mass is 366 g/mol. The predicted molar refractivity (Wildman–Crippen MR) is 105 cm³/mol. The first-order valence-corrected chi connectivity index (χ1v) is 9.10. The van der Waals surface area contributed by atoms with Gasteiger partial charge < -0.3 is 9.84 Å². The summed E-state index contributed by atoms with van der Waals surface area (Å²) in [6, 6.07) is 15.1. The number of hydrazine groups is 1. The average Bonchev–Trinajstić information content (AvgIpc) is 2.96. The number of carbonyl (C=O) groups is 1. The van der Waals surface area contributed by atoms with Crippen molar-refractivity contribution in [1.82, 2.24) is 10.4 Å². The molecule has 3 rings (SSSR count). The molecule has 5 heteroatoms. The third-order valence-electron chi connectivity index (χ3n) is 4.73. The zero-order valence-corrected chi connectivity index (χ0v) is 16.0. The molecule has 1 fully saturated rings. The second-order valence-corrected chi connectivity index (χ2v) is 7.29. The molecule has 2 N–H and O–H groups in total. The molecular weight excluding hydrogens is 340 g/mol. The van der Waals surface area contributed by atoms with Gasteiger partial charge in [-0.1, -0.05) is 62.9 Å². The van der Waals surface area contributed by atoms with Crippen molar-refractivity contribution in [1.29, 1.82) is 0 Å². The molecule has 27 heavy (non-hydrogen) atoms. The van der Waals surface area contributed by atoms with Gasteiger partial charge in [0.1, 0.15) is 5.75 Å². The first kappa shape index (κ1) is 19.0. The van der Waals surface area contributed by atoms with Crippen LogP contribution in [0.3, 0.4) is 0 Å². The van der Waals surface area contributed by atoms with E-state index in [1.165, 1.54) is 5.01 Å². The van der Waals surface area contributed by atoms with Gasteiger partial charge >= 0.3 is 0 Å².